The molecule has 1 aliphatic rings. The standard InChI is InChI=1S/C16H15NO5S/c1-23(19,20)13-4-2-3-12(8-13)16(18)17-9-11-5-6-14-15(7-11)22-10-21-14/h2-8H,9-10H2,1H3,(H,17,18). The molecule has 0 radical (unpaired) electrons. The molecule has 23 heavy (non-hydrogen) atoms. The van der Waals surface area contributed by atoms with Crippen LogP contribution in [0.25, 0.3) is 0 Å². The van der Waals surface area contributed by atoms with Crippen molar-refractivity contribution in [2.45, 2.75) is 11.4 Å². The van der Waals surface area contributed by atoms with Crippen LogP contribution in [0.3, 0.4) is 0 Å². The minimum absolute atomic E-state index is 0.119. The van der Waals surface area contributed by atoms with Crippen LogP contribution in [0.1, 0.15) is 15.9 Å². The lowest BCUT2D eigenvalue weighted by molar-refractivity contribution is 0.0950. The third-order valence-electron chi connectivity index (χ3n) is 3.41. The zero-order valence-electron chi connectivity index (χ0n) is 12.4. The predicted molar refractivity (Wildman–Crippen MR) is 83.3 cm³/mol. The molecule has 7 heteroatoms. The molecular weight excluding hydrogens is 318 g/mol. The van der Waals surface area contributed by atoms with Crippen LogP contribution in [0.4, 0.5) is 0 Å². The number of benzene rings is 2. The minimum atomic E-state index is -3.34. The van der Waals surface area contributed by atoms with Gasteiger partial charge in [0.15, 0.2) is 21.3 Å². The van der Waals surface area contributed by atoms with Gasteiger partial charge in [-0.2, -0.15) is 0 Å². The van der Waals surface area contributed by atoms with E-state index in [1.165, 1.54) is 12.1 Å². The molecule has 3 rings (SSSR count). The van der Waals surface area contributed by atoms with Gasteiger partial charge in [-0.15, -0.1) is 0 Å². The van der Waals surface area contributed by atoms with Gasteiger partial charge >= 0.3 is 0 Å². The van der Waals surface area contributed by atoms with E-state index < -0.39 is 9.84 Å². The van der Waals surface area contributed by atoms with Crippen molar-refractivity contribution in [3.8, 4) is 11.5 Å². The summed E-state index contributed by atoms with van der Waals surface area (Å²) in [4.78, 5) is 12.3. The van der Waals surface area contributed by atoms with Crippen LogP contribution in [0.2, 0.25) is 0 Å². The lowest BCUT2D eigenvalue weighted by Crippen LogP contribution is -2.23. The van der Waals surface area contributed by atoms with Gasteiger partial charge in [0.2, 0.25) is 6.79 Å². The van der Waals surface area contributed by atoms with Gasteiger partial charge < -0.3 is 14.8 Å². The van der Waals surface area contributed by atoms with Crippen molar-refractivity contribution in [3.05, 3.63) is 53.6 Å². The molecule has 0 unspecified atom stereocenters. The minimum Gasteiger partial charge on any atom is -0.454 e. The molecule has 0 aliphatic carbocycles. The summed E-state index contributed by atoms with van der Waals surface area (Å²) in [6, 6.07) is 11.4. The lowest BCUT2D eigenvalue weighted by atomic mass is 10.2. The summed E-state index contributed by atoms with van der Waals surface area (Å²) >= 11 is 0. The van der Waals surface area contributed by atoms with E-state index in [1.54, 1.807) is 24.3 Å². The van der Waals surface area contributed by atoms with Crippen molar-refractivity contribution in [1.82, 2.24) is 5.32 Å². The molecule has 120 valence electrons. The van der Waals surface area contributed by atoms with Gasteiger partial charge in [0.05, 0.1) is 4.90 Å². The Balaban J connectivity index is 1.70. The number of carbonyl (C=O) groups is 1. The van der Waals surface area contributed by atoms with Crippen molar-refractivity contribution in [3.63, 3.8) is 0 Å². The molecule has 1 N–H and O–H groups in total. The maximum atomic E-state index is 12.2. The monoisotopic (exact) mass is 333 g/mol. The molecule has 2 aromatic rings. The Morgan fingerprint density at radius 2 is 1.91 bits per heavy atom. The van der Waals surface area contributed by atoms with Gasteiger partial charge in [0.1, 0.15) is 0 Å². The van der Waals surface area contributed by atoms with Crippen molar-refractivity contribution < 1.29 is 22.7 Å². The predicted octanol–water partition coefficient (Wildman–Crippen LogP) is 1.75. The molecule has 1 aliphatic heterocycles. The number of ether oxygens (including phenoxy) is 2. The van der Waals surface area contributed by atoms with Crippen molar-refractivity contribution in [2.75, 3.05) is 13.0 Å². The van der Waals surface area contributed by atoms with Crippen molar-refractivity contribution in [2.24, 2.45) is 0 Å². The number of amides is 1. The highest BCUT2D eigenvalue weighted by Gasteiger charge is 2.14. The van der Waals surface area contributed by atoms with E-state index in [2.05, 4.69) is 5.32 Å². The first-order valence-electron chi connectivity index (χ1n) is 6.90. The van der Waals surface area contributed by atoms with Crippen LogP contribution in [-0.2, 0) is 16.4 Å². The largest absolute Gasteiger partial charge is 0.454 e. The van der Waals surface area contributed by atoms with Crippen LogP contribution >= 0.6 is 0 Å². The highest BCUT2D eigenvalue weighted by Crippen LogP contribution is 2.32. The molecule has 6 nitrogen and oxygen atoms in total. The Morgan fingerprint density at radius 3 is 2.70 bits per heavy atom. The Bertz CT molecular complexity index is 861. The second kappa shape index (κ2) is 5.92. The molecule has 0 fully saturated rings. The van der Waals surface area contributed by atoms with Gasteiger partial charge in [0.25, 0.3) is 5.91 Å². The van der Waals surface area contributed by atoms with E-state index in [-0.39, 0.29) is 17.6 Å². The normalized spacial score (nSPS) is 12.9. The topological polar surface area (TPSA) is 81.7 Å². The number of hydrogen-bond acceptors (Lipinski definition) is 5. The molecule has 0 spiro atoms. The Kier molecular flexibility index (Phi) is 3.96. The van der Waals surface area contributed by atoms with Gasteiger partial charge in [-0.05, 0) is 35.9 Å². The Hall–Kier alpha value is -2.54. The summed E-state index contributed by atoms with van der Waals surface area (Å²) in [5.41, 5.74) is 1.16. The summed E-state index contributed by atoms with van der Waals surface area (Å²) in [6.07, 6.45) is 1.11. The van der Waals surface area contributed by atoms with Crippen molar-refractivity contribution >= 4 is 15.7 Å². The van der Waals surface area contributed by atoms with E-state index in [0.717, 1.165) is 11.8 Å². The van der Waals surface area contributed by atoms with Gasteiger partial charge in [-0.3, -0.25) is 4.79 Å². The van der Waals surface area contributed by atoms with E-state index in [1.807, 2.05) is 6.07 Å². The Morgan fingerprint density at radius 1 is 1.13 bits per heavy atom. The van der Waals surface area contributed by atoms with E-state index in [0.29, 0.717) is 23.6 Å². The third-order valence-corrected chi connectivity index (χ3v) is 4.52. The Labute approximate surface area is 134 Å². The van der Waals surface area contributed by atoms with Gasteiger partial charge in [0, 0.05) is 18.4 Å². The summed E-state index contributed by atoms with van der Waals surface area (Å²) in [5, 5.41) is 2.75. The third kappa shape index (κ3) is 3.45. The first kappa shape index (κ1) is 15.4. The molecule has 0 saturated carbocycles. The number of fused-ring (bicyclic) bond motifs is 1. The zero-order valence-corrected chi connectivity index (χ0v) is 13.2. The van der Waals surface area contributed by atoms with Gasteiger partial charge in [-0.25, -0.2) is 8.42 Å². The maximum Gasteiger partial charge on any atom is 0.251 e. The smallest absolute Gasteiger partial charge is 0.251 e. The molecule has 0 aromatic heterocycles. The number of nitrogens with one attached hydrogen (secondary N) is 1. The van der Waals surface area contributed by atoms with Gasteiger partial charge in [-0.1, -0.05) is 12.1 Å². The van der Waals surface area contributed by atoms with E-state index in [4.69, 9.17) is 9.47 Å². The van der Waals surface area contributed by atoms with Crippen LogP contribution in [0.5, 0.6) is 11.5 Å². The first-order chi connectivity index (χ1) is 10.9. The maximum absolute atomic E-state index is 12.2. The fourth-order valence-electron chi connectivity index (χ4n) is 2.20. The van der Waals surface area contributed by atoms with E-state index >= 15 is 0 Å². The molecule has 0 atom stereocenters. The van der Waals surface area contributed by atoms with E-state index in [9.17, 15) is 13.2 Å². The fourth-order valence-corrected chi connectivity index (χ4v) is 2.87. The fraction of sp³-hybridized carbons (Fsp3) is 0.188. The summed E-state index contributed by atoms with van der Waals surface area (Å²) in [7, 11) is -3.34. The second-order valence-electron chi connectivity index (χ2n) is 5.17. The first-order valence-corrected chi connectivity index (χ1v) is 8.79. The lowest BCUT2D eigenvalue weighted by Gasteiger charge is -2.07. The molecule has 2 aromatic carbocycles. The molecule has 0 saturated heterocycles. The highest BCUT2D eigenvalue weighted by molar-refractivity contribution is 7.90. The summed E-state index contributed by atoms with van der Waals surface area (Å²) in [5.74, 6) is 0.991. The van der Waals surface area contributed by atoms with Crippen LogP contribution < -0.4 is 14.8 Å². The van der Waals surface area contributed by atoms with Crippen LogP contribution in [0, 0.1) is 0 Å². The average molecular weight is 333 g/mol. The van der Waals surface area contributed by atoms with Crippen molar-refractivity contribution in [1.29, 1.82) is 0 Å². The second-order valence-corrected chi connectivity index (χ2v) is 7.19. The molecule has 0 bridgehead atoms. The summed E-state index contributed by atoms with van der Waals surface area (Å²) in [6.45, 7) is 0.502. The SMILES string of the molecule is CS(=O)(=O)c1cccc(C(=O)NCc2ccc3c(c2)OCO3)c1. The molecule has 1 amide bonds. The summed E-state index contributed by atoms with van der Waals surface area (Å²) < 4.78 is 33.6. The molecule has 1 heterocycles. The van der Waals surface area contributed by atoms with Crippen LogP contribution in [0.15, 0.2) is 47.4 Å². The average Bonchev–Trinajstić information content (AvgIpc) is 2.99. The van der Waals surface area contributed by atoms with Crippen LogP contribution in [-0.4, -0.2) is 27.4 Å². The number of rotatable bonds is 4. The number of carbonyl (C=O) groups excluding carboxylic acids is 1. The number of sulfone groups is 1. The quantitative estimate of drug-likeness (QED) is 0.922. The molecular formula is C16H15NO5S. The number of hydrogen-bond donors (Lipinski definition) is 1. The highest BCUT2D eigenvalue weighted by atomic mass is 32.2. The zero-order chi connectivity index (χ0) is 16.4.